The number of rotatable bonds is 12. The Hall–Kier alpha value is -4.09. The highest BCUT2D eigenvalue weighted by molar-refractivity contribution is 6.48. The van der Waals surface area contributed by atoms with Gasteiger partial charge in [0.15, 0.2) is 0 Å². The fourth-order valence-electron chi connectivity index (χ4n) is 5.09. The number of carbonyl (C=O) groups is 3. The van der Waals surface area contributed by atoms with Crippen LogP contribution in [-0.2, 0) is 26.1 Å². The number of aromatic nitrogens is 2. The highest BCUT2D eigenvalue weighted by Crippen LogP contribution is 2.46. The summed E-state index contributed by atoms with van der Waals surface area (Å²) in [5.41, 5.74) is 0.186. The Morgan fingerprint density at radius 2 is 1.63 bits per heavy atom. The molecule has 10 nitrogen and oxygen atoms in total. The maximum absolute atomic E-state index is 13.9. The van der Waals surface area contributed by atoms with Crippen LogP contribution in [0.1, 0.15) is 79.4 Å². The fourth-order valence-corrected chi connectivity index (χ4v) is 5.09. The molecule has 3 atom stereocenters. The van der Waals surface area contributed by atoms with Crippen molar-refractivity contribution in [2.45, 2.75) is 77.1 Å². The van der Waals surface area contributed by atoms with Crippen LogP contribution in [0.5, 0.6) is 0 Å². The number of benzene rings is 2. The molecular formula is C32H39BN4O6. The lowest BCUT2D eigenvalue weighted by Gasteiger charge is -2.37. The molecule has 2 amide bonds. The summed E-state index contributed by atoms with van der Waals surface area (Å²) < 4.78 is 13.1. The summed E-state index contributed by atoms with van der Waals surface area (Å²) in [6.45, 7) is 9.94. The first-order valence-corrected chi connectivity index (χ1v) is 14.5. The average Bonchev–Trinajstić information content (AvgIpc) is 3.24. The number of hydrogen-bond donors (Lipinski definition) is 3. The molecule has 1 saturated heterocycles. The first-order valence-electron chi connectivity index (χ1n) is 14.5. The summed E-state index contributed by atoms with van der Waals surface area (Å²) in [6, 6.07) is 15.1. The van der Waals surface area contributed by atoms with E-state index < -0.39 is 42.2 Å². The number of amides is 2. The largest absolute Gasteiger partial charge is 0.482 e. The van der Waals surface area contributed by atoms with Gasteiger partial charge in [-0.2, -0.15) is 0 Å². The highest BCUT2D eigenvalue weighted by atomic mass is 16.7. The number of carbonyl (C=O) groups excluding carboxylic acids is 2. The molecule has 2 heterocycles. The molecule has 0 radical (unpaired) electrons. The van der Waals surface area contributed by atoms with Crippen molar-refractivity contribution in [3.8, 4) is 0 Å². The molecule has 0 bridgehead atoms. The van der Waals surface area contributed by atoms with Crippen molar-refractivity contribution < 1.29 is 28.8 Å². The van der Waals surface area contributed by atoms with E-state index >= 15 is 0 Å². The zero-order valence-electron chi connectivity index (χ0n) is 25.2. The Labute approximate surface area is 252 Å². The van der Waals surface area contributed by atoms with Crippen LogP contribution in [0.15, 0.2) is 73.2 Å². The topological polar surface area (TPSA) is 140 Å². The van der Waals surface area contributed by atoms with Crippen molar-refractivity contribution >= 4 is 24.9 Å². The molecule has 0 aliphatic carbocycles. The fraction of sp³-hybridized carbons (Fsp3) is 0.406. The third-order valence-corrected chi connectivity index (χ3v) is 8.01. The van der Waals surface area contributed by atoms with E-state index in [-0.39, 0.29) is 23.6 Å². The lowest BCUT2D eigenvalue weighted by Crippen LogP contribution is -2.55. The van der Waals surface area contributed by atoms with Gasteiger partial charge in [0, 0.05) is 18.8 Å². The molecule has 3 N–H and O–H groups in total. The monoisotopic (exact) mass is 586 g/mol. The van der Waals surface area contributed by atoms with E-state index in [9.17, 15) is 19.5 Å². The van der Waals surface area contributed by atoms with Crippen molar-refractivity contribution in [2.75, 3.05) is 0 Å². The molecule has 0 spiro atoms. The minimum Gasteiger partial charge on any atom is -0.478 e. The van der Waals surface area contributed by atoms with Gasteiger partial charge in [-0.3, -0.25) is 14.6 Å². The molecule has 226 valence electrons. The van der Waals surface area contributed by atoms with E-state index in [0.717, 1.165) is 17.5 Å². The molecule has 0 saturated carbocycles. The van der Waals surface area contributed by atoms with E-state index in [4.69, 9.17) is 9.31 Å². The molecule has 1 fully saturated rings. The predicted octanol–water partition coefficient (Wildman–Crippen LogP) is 4.21. The van der Waals surface area contributed by atoms with E-state index in [0.29, 0.717) is 12.3 Å². The van der Waals surface area contributed by atoms with Gasteiger partial charge in [0.05, 0.1) is 23.3 Å². The number of hydrogen-bond acceptors (Lipinski definition) is 7. The number of nitrogens with one attached hydrogen (secondary N) is 2. The van der Waals surface area contributed by atoms with Crippen molar-refractivity contribution in [3.05, 3.63) is 95.6 Å². The van der Waals surface area contributed by atoms with Gasteiger partial charge in [-0.15, -0.1) is 0 Å². The van der Waals surface area contributed by atoms with Crippen LogP contribution in [0, 0.1) is 5.92 Å². The van der Waals surface area contributed by atoms with Gasteiger partial charge in [0.1, 0.15) is 17.3 Å². The number of carboxylic acid groups (broad SMARTS) is 1. The second-order valence-corrected chi connectivity index (χ2v) is 11.9. The van der Waals surface area contributed by atoms with Gasteiger partial charge >= 0.3 is 13.1 Å². The molecular weight excluding hydrogens is 547 g/mol. The third kappa shape index (κ3) is 7.66. The summed E-state index contributed by atoms with van der Waals surface area (Å²) in [7, 11) is -0.796. The van der Waals surface area contributed by atoms with Crippen molar-refractivity contribution in [3.63, 3.8) is 0 Å². The SMILES string of the molecule is CC(C)CC[C@H](NC(=O)[C@H](Cc1ccccc1)NC(=O)c1cnccn1)B1OC(C)(C)C(C)(c2ccc(C(=O)O)cc2)O1. The van der Waals surface area contributed by atoms with Gasteiger partial charge in [-0.05, 0) is 62.8 Å². The molecule has 1 aliphatic rings. The Morgan fingerprint density at radius 1 is 0.930 bits per heavy atom. The summed E-state index contributed by atoms with van der Waals surface area (Å²) in [5.74, 6) is -2.05. The van der Waals surface area contributed by atoms with Gasteiger partial charge in [-0.25, -0.2) is 9.78 Å². The van der Waals surface area contributed by atoms with E-state index in [1.54, 1.807) is 24.3 Å². The summed E-state index contributed by atoms with van der Waals surface area (Å²) in [6.07, 6.45) is 5.89. The zero-order valence-corrected chi connectivity index (χ0v) is 25.2. The van der Waals surface area contributed by atoms with Gasteiger partial charge in [0.2, 0.25) is 5.91 Å². The Balaban J connectivity index is 1.58. The van der Waals surface area contributed by atoms with Gasteiger partial charge in [-0.1, -0.05) is 56.3 Å². The van der Waals surface area contributed by atoms with Crippen molar-refractivity contribution in [2.24, 2.45) is 5.92 Å². The maximum Gasteiger partial charge on any atom is 0.482 e. The third-order valence-electron chi connectivity index (χ3n) is 8.01. The molecule has 3 aromatic rings. The molecule has 4 rings (SSSR count). The van der Waals surface area contributed by atoms with Crippen LogP contribution >= 0.6 is 0 Å². The van der Waals surface area contributed by atoms with Crippen LogP contribution in [-0.4, -0.2) is 57.6 Å². The molecule has 2 aromatic carbocycles. The maximum atomic E-state index is 13.9. The molecule has 1 aromatic heterocycles. The second-order valence-electron chi connectivity index (χ2n) is 11.9. The Bertz CT molecular complexity index is 1400. The van der Waals surface area contributed by atoms with Crippen LogP contribution in [0.4, 0.5) is 0 Å². The van der Waals surface area contributed by atoms with Crippen LogP contribution in [0.25, 0.3) is 0 Å². The standard InChI is InChI=1S/C32H39BN4O6/c1-21(2)11-16-27(33-42-31(3,4)32(5,43-33)24-14-12-23(13-15-24)30(40)41)37-28(38)25(19-22-9-7-6-8-10-22)36-29(39)26-20-34-17-18-35-26/h6-10,12-15,17-18,20-21,25,27H,11,16,19H2,1-5H3,(H,36,39)(H,37,38)(H,40,41)/t25-,27-,32?/m0/s1. The molecule has 1 unspecified atom stereocenters. The molecule has 1 aliphatic heterocycles. The summed E-state index contributed by atoms with van der Waals surface area (Å²) in [5, 5.41) is 15.3. The first-order chi connectivity index (χ1) is 20.4. The highest BCUT2D eigenvalue weighted by Gasteiger charge is 2.57. The smallest absolute Gasteiger partial charge is 0.478 e. The second kappa shape index (κ2) is 13.5. The number of carboxylic acids is 1. The lowest BCUT2D eigenvalue weighted by atomic mass is 9.74. The van der Waals surface area contributed by atoms with E-state index in [1.807, 2.05) is 51.1 Å². The summed E-state index contributed by atoms with van der Waals surface area (Å²) in [4.78, 5) is 46.3. The number of nitrogens with zero attached hydrogens (tertiary/aromatic N) is 2. The zero-order chi connectivity index (χ0) is 31.2. The van der Waals surface area contributed by atoms with Gasteiger partial charge in [0.25, 0.3) is 5.91 Å². The normalized spacial score (nSPS) is 19.1. The number of aromatic carboxylic acids is 1. The van der Waals surface area contributed by atoms with Crippen LogP contribution in [0.3, 0.4) is 0 Å². The Kier molecular flexibility index (Phi) is 9.98. The van der Waals surface area contributed by atoms with Crippen molar-refractivity contribution in [1.29, 1.82) is 0 Å². The minimum absolute atomic E-state index is 0.110. The first kappa shape index (κ1) is 31.8. The molecule has 43 heavy (non-hydrogen) atoms. The van der Waals surface area contributed by atoms with E-state index in [2.05, 4.69) is 34.4 Å². The summed E-state index contributed by atoms with van der Waals surface area (Å²) >= 11 is 0. The Morgan fingerprint density at radius 3 is 2.23 bits per heavy atom. The van der Waals surface area contributed by atoms with Crippen LogP contribution < -0.4 is 10.6 Å². The quantitative estimate of drug-likeness (QED) is 0.268. The lowest BCUT2D eigenvalue weighted by molar-refractivity contribution is -0.123. The predicted molar refractivity (Wildman–Crippen MR) is 162 cm³/mol. The average molecular weight is 586 g/mol. The van der Waals surface area contributed by atoms with Crippen molar-refractivity contribution in [1.82, 2.24) is 20.6 Å². The molecule has 11 heteroatoms. The van der Waals surface area contributed by atoms with Crippen LogP contribution in [0.2, 0.25) is 0 Å². The minimum atomic E-state index is -1.01. The van der Waals surface area contributed by atoms with Gasteiger partial charge < -0.3 is 25.0 Å². The van der Waals surface area contributed by atoms with E-state index in [1.165, 1.54) is 18.6 Å².